The van der Waals surface area contributed by atoms with Crippen molar-refractivity contribution in [3.05, 3.63) is 52.6 Å². The molecule has 0 N–H and O–H groups in total. The molecular formula is C19H25NO3S. The Morgan fingerprint density at radius 3 is 2.50 bits per heavy atom. The molecule has 24 heavy (non-hydrogen) atoms. The summed E-state index contributed by atoms with van der Waals surface area (Å²) in [5.74, 6) is 0. The van der Waals surface area contributed by atoms with Crippen LogP contribution < -0.4 is 0 Å². The Morgan fingerprint density at radius 2 is 1.88 bits per heavy atom. The lowest BCUT2D eigenvalue weighted by atomic mass is 9.74. The van der Waals surface area contributed by atoms with Crippen molar-refractivity contribution < 1.29 is 13.2 Å². The van der Waals surface area contributed by atoms with E-state index in [4.69, 9.17) is 4.74 Å². The van der Waals surface area contributed by atoms with E-state index >= 15 is 0 Å². The molecule has 4 nitrogen and oxygen atoms in total. The molecule has 130 valence electrons. The van der Waals surface area contributed by atoms with Crippen molar-refractivity contribution in [3.8, 4) is 0 Å². The summed E-state index contributed by atoms with van der Waals surface area (Å²) in [4.78, 5) is 0.374. The lowest BCUT2D eigenvalue weighted by Gasteiger charge is -2.31. The van der Waals surface area contributed by atoms with Crippen molar-refractivity contribution in [2.24, 2.45) is 5.41 Å². The summed E-state index contributed by atoms with van der Waals surface area (Å²) in [6.45, 7) is 7.81. The van der Waals surface area contributed by atoms with Crippen LogP contribution in [0.25, 0.3) is 0 Å². The predicted octanol–water partition coefficient (Wildman–Crippen LogP) is 3.30. The van der Waals surface area contributed by atoms with Gasteiger partial charge in [0.2, 0.25) is 10.0 Å². The monoisotopic (exact) mass is 347 g/mol. The van der Waals surface area contributed by atoms with E-state index in [9.17, 15) is 8.42 Å². The molecule has 0 saturated carbocycles. The van der Waals surface area contributed by atoms with Crippen molar-refractivity contribution >= 4 is 10.0 Å². The third-order valence-electron chi connectivity index (χ3n) is 5.09. The number of aryl methyl sites for hydroxylation is 1. The molecule has 0 bridgehead atoms. The number of ether oxygens (including phenoxy) is 1. The van der Waals surface area contributed by atoms with E-state index in [1.165, 1.54) is 16.7 Å². The number of allylic oxidation sites excluding steroid dienone is 2. The Bertz CT molecular complexity index is 806. The maximum Gasteiger partial charge on any atom is 0.243 e. The number of sulfonamides is 1. The lowest BCUT2D eigenvalue weighted by Crippen LogP contribution is -2.31. The summed E-state index contributed by atoms with van der Waals surface area (Å²) in [7, 11) is -1.77. The Labute approximate surface area is 144 Å². The molecule has 1 saturated heterocycles. The minimum absolute atomic E-state index is 0.134. The number of rotatable bonds is 4. The third kappa shape index (κ3) is 2.96. The molecule has 5 heteroatoms. The fraction of sp³-hybridized carbons (Fsp3) is 0.474. The number of fused-ring (bicyclic) bond motifs is 1. The molecule has 3 rings (SSSR count). The van der Waals surface area contributed by atoms with E-state index in [0.29, 0.717) is 24.6 Å². The highest BCUT2D eigenvalue weighted by molar-refractivity contribution is 7.89. The van der Waals surface area contributed by atoms with Gasteiger partial charge in [0, 0.05) is 25.6 Å². The molecule has 0 aromatic heterocycles. The molecule has 1 aliphatic heterocycles. The zero-order valence-corrected chi connectivity index (χ0v) is 15.6. The molecular weight excluding hydrogens is 322 g/mol. The first-order valence-electron chi connectivity index (χ1n) is 8.22. The Balaban J connectivity index is 1.91. The van der Waals surface area contributed by atoms with Gasteiger partial charge in [0.05, 0.1) is 11.5 Å². The smallest absolute Gasteiger partial charge is 0.243 e. The van der Waals surface area contributed by atoms with Gasteiger partial charge in [-0.2, -0.15) is 4.31 Å². The van der Waals surface area contributed by atoms with E-state index in [2.05, 4.69) is 19.9 Å². The molecule has 0 amide bonds. The van der Waals surface area contributed by atoms with Crippen LogP contribution in [0.5, 0.6) is 0 Å². The van der Waals surface area contributed by atoms with Gasteiger partial charge in [-0.15, -0.1) is 0 Å². The van der Waals surface area contributed by atoms with Crippen molar-refractivity contribution in [1.29, 1.82) is 0 Å². The van der Waals surface area contributed by atoms with Gasteiger partial charge >= 0.3 is 0 Å². The summed E-state index contributed by atoms with van der Waals surface area (Å²) in [6.07, 6.45) is 3.01. The van der Waals surface area contributed by atoms with Gasteiger partial charge in [0.15, 0.2) is 0 Å². The van der Waals surface area contributed by atoms with E-state index in [1.54, 1.807) is 23.5 Å². The van der Waals surface area contributed by atoms with Gasteiger partial charge in [-0.25, -0.2) is 8.42 Å². The van der Waals surface area contributed by atoms with Crippen LogP contribution in [-0.2, 0) is 14.8 Å². The molecule has 0 radical (unpaired) electrons. The third-order valence-corrected chi connectivity index (χ3v) is 6.90. The largest absolute Gasteiger partial charge is 0.380 e. The van der Waals surface area contributed by atoms with Crippen LogP contribution in [0.2, 0.25) is 0 Å². The second-order valence-electron chi connectivity index (χ2n) is 7.22. The summed E-state index contributed by atoms with van der Waals surface area (Å²) < 4.78 is 32.9. The van der Waals surface area contributed by atoms with Gasteiger partial charge in [0.1, 0.15) is 0 Å². The number of methoxy groups -OCH3 is 1. The predicted molar refractivity (Wildman–Crippen MR) is 95.3 cm³/mol. The second kappa shape index (κ2) is 6.14. The molecule has 1 unspecified atom stereocenters. The van der Waals surface area contributed by atoms with Gasteiger partial charge < -0.3 is 4.74 Å². The van der Waals surface area contributed by atoms with E-state index in [-0.39, 0.29) is 5.41 Å². The summed E-state index contributed by atoms with van der Waals surface area (Å²) >= 11 is 0. The molecule has 1 aromatic carbocycles. The minimum atomic E-state index is -3.46. The van der Waals surface area contributed by atoms with Gasteiger partial charge in [-0.3, -0.25) is 0 Å². The highest BCUT2D eigenvalue weighted by Gasteiger charge is 2.45. The maximum atomic E-state index is 13.0. The van der Waals surface area contributed by atoms with Crippen LogP contribution >= 0.6 is 0 Å². The molecule has 1 aliphatic carbocycles. The second-order valence-corrected chi connectivity index (χ2v) is 9.16. The fourth-order valence-corrected chi connectivity index (χ4v) is 5.46. The zero-order valence-electron chi connectivity index (χ0n) is 14.8. The Kier molecular flexibility index (Phi) is 4.45. The first kappa shape index (κ1) is 17.4. The molecule has 2 aliphatic rings. The SMILES string of the molecule is COCC1=CC(C)=C2CN(S(=O)(=O)c3ccc(C)cc3)CC2(C)C1. The van der Waals surface area contributed by atoms with Crippen molar-refractivity contribution in [1.82, 2.24) is 4.31 Å². The van der Waals surface area contributed by atoms with Crippen LogP contribution in [0.1, 0.15) is 25.8 Å². The summed E-state index contributed by atoms with van der Waals surface area (Å²) in [5, 5.41) is 0. The molecule has 1 heterocycles. The zero-order chi connectivity index (χ0) is 17.5. The molecule has 1 atom stereocenters. The van der Waals surface area contributed by atoms with Gasteiger partial charge in [0.25, 0.3) is 0 Å². The number of benzene rings is 1. The maximum absolute atomic E-state index is 13.0. The van der Waals surface area contributed by atoms with Gasteiger partial charge in [-0.1, -0.05) is 30.7 Å². The highest BCUT2D eigenvalue weighted by atomic mass is 32.2. The van der Waals surface area contributed by atoms with Crippen LogP contribution in [0.3, 0.4) is 0 Å². The average molecular weight is 347 g/mol. The van der Waals surface area contributed by atoms with Crippen LogP contribution in [0, 0.1) is 12.3 Å². The number of hydrogen-bond acceptors (Lipinski definition) is 3. The van der Waals surface area contributed by atoms with Crippen molar-refractivity contribution in [2.45, 2.75) is 32.1 Å². The number of hydrogen-bond donors (Lipinski definition) is 0. The summed E-state index contributed by atoms with van der Waals surface area (Å²) in [6, 6.07) is 7.09. The van der Waals surface area contributed by atoms with Crippen molar-refractivity contribution in [2.75, 3.05) is 26.8 Å². The van der Waals surface area contributed by atoms with E-state index < -0.39 is 10.0 Å². The highest BCUT2D eigenvalue weighted by Crippen LogP contribution is 2.46. The average Bonchev–Trinajstić information content (AvgIpc) is 2.87. The van der Waals surface area contributed by atoms with E-state index in [1.807, 2.05) is 19.1 Å². The first-order valence-corrected chi connectivity index (χ1v) is 9.66. The molecule has 1 aromatic rings. The normalized spacial score (nSPS) is 24.9. The van der Waals surface area contributed by atoms with Gasteiger partial charge in [-0.05, 0) is 49.1 Å². The quantitative estimate of drug-likeness (QED) is 0.839. The summed E-state index contributed by atoms with van der Waals surface area (Å²) in [5.41, 5.74) is 4.57. The molecule has 1 fully saturated rings. The fourth-order valence-electron chi connectivity index (χ4n) is 3.92. The van der Waals surface area contributed by atoms with Crippen LogP contribution in [0.4, 0.5) is 0 Å². The topological polar surface area (TPSA) is 46.6 Å². The molecule has 0 spiro atoms. The van der Waals surface area contributed by atoms with Crippen LogP contribution in [0.15, 0.2) is 52.0 Å². The first-order chi connectivity index (χ1) is 11.3. The lowest BCUT2D eigenvalue weighted by molar-refractivity contribution is 0.214. The number of nitrogens with zero attached hydrogens (tertiary/aromatic N) is 1. The Hall–Kier alpha value is -1.43. The standard InChI is InChI=1S/C19H25NO3S/c1-14-5-7-17(8-6-14)24(21,22)20-11-18-15(2)9-16(12-23-4)10-19(18,3)13-20/h5-9H,10-13H2,1-4H3. The minimum Gasteiger partial charge on any atom is -0.380 e. The van der Waals surface area contributed by atoms with Crippen molar-refractivity contribution in [3.63, 3.8) is 0 Å². The van der Waals surface area contributed by atoms with E-state index in [0.717, 1.165) is 12.0 Å². The van der Waals surface area contributed by atoms with Crippen LogP contribution in [-0.4, -0.2) is 39.5 Å². The Morgan fingerprint density at radius 1 is 1.21 bits per heavy atom.